The van der Waals surface area contributed by atoms with E-state index in [1.807, 2.05) is 0 Å². The molecule has 1 fully saturated rings. The molecule has 5 atom stereocenters. The lowest BCUT2D eigenvalue weighted by atomic mass is 9.97. The molecule has 0 saturated carbocycles. The molecule has 1 amide bonds. The Morgan fingerprint density at radius 1 is 1.14 bits per heavy atom. The van der Waals surface area contributed by atoms with Gasteiger partial charge in [0, 0.05) is 23.1 Å². The molecule has 2 aromatic carbocycles. The van der Waals surface area contributed by atoms with Crippen LogP contribution in [0.3, 0.4) is 0 Å². The molecule has 1 aromatic heterocycles. The Kier molecular flexibility index (Phi) is 7.42. The maximum Gasteiger partial charge on any atom is 0.221 e. The highest BCUT2D eigenvalue weighted by Gasteiger charge is 2.46. The quantitative estimate of drug-likeness (QED) is 0.371. The molecule has 0 aliphatic carbocycles. The van der Waals surface area contributed by atoms with Crippen molar-refractivity contribution >= 4 is 23.4 Å². The minimum atomic E-state index is -1.62. The smallest absolute Gasteiger partial charge is 0.221 e. The van der Waals surface area contributed by atoms with Gasteiger partial charge in [0.05, 0.1) is 12.8 Å². The van der Waals surface area contributed by atoms with E-state index in [1.54, 1.807) is 24.3 Å². The maximum absolute atomic E-state index is 13.6. The molecule has 0 spiro atoms. The third-order valence-electron chi connectivity index (χ3n) is 5.37. The van der Waals surface area contributed by atoms with E-state index in [1.165, 1.54) is 13.1 Å². The molecule has 0 bridgehead atoms. The minimum absolute atomic E-state index is 0.0213. The number of nitrogens with one attached hydrogen (secondary N) is 1. The van der Waals surface area contributed by atoms with Crippen LogP contribution in [0.4, 0.5) is 18.9 Å². The Bertz CT molecular complexity index is 1190. The first-order chi connectivity index (χ1) is 16.7. The van der Waals surface area contributed by atoms with Gasteiger partial charge in [0.15, 0.2) is 17.5 Å². The molecular weight excluding hydrogens is 489 g/mol. The number of aliphatic hydroxyl groups is 3. The van der Waals surface area contributed by atoms with Crippen LogP contribution in [0, 0.1) is 17.5 Å². The normalized spacial score (nSPS) is 24.4. The Morgan fingerprint density at radius 2 is 1.80 bits per heavy atom. The summed E-state index contributed by atoms with van der Waals surface area (Å²) in [4.78, 5) is 11.9. The van der Waals surface area contributed by atoms with Crippen LogP contribution in [0.2, 0.25) is 0 Å². The summed E-state index contributed by atoms with van der Waals surface area (Å²) in [6, 6.07) is 7.11. The van der Waals surface area contributed by atoms with E-state index in [4.69, 9.17) is 4.74 Å². The number of aromatic nitrogens is 3. The first-order valence-corrected chi connectivity index (χ1v) is 11.3. The number of aliphatic hydroxyl groups excluding tert-OH is 3. The molecule has 186 valence electrons. The van der Waals surface area contributed by atoms with Crippen LogP contribution in [-0.2, 0) is 9.53 Å². The summed E-state index contributed by atoms with van der Waals surface area (Å²) in [5.74, 6) is -4.64. The zero-order valence-corrected chi connectivity index (χ0v) is 19.0. The molecule has 2 heterocycles. The lowest BCUT2D eigenvalue weighted by Crippen LogP contribution is -2.55. The summed E-state index contributed by atoms with van der Waals surface area (Å²) >= 11 is 1.12. The number of carbonyl (C=O) groups excluding carboxylic acids is 1. The number of thioether (sulfide) groups is 1. The summed E-state index contributed by atoms with van der Waals surface area (Å²) < 4.78 is 47.4. The Labute approximate surface area is 201 Å². The second-order valence-electron chi connectivity index (χ2n) is 7.86. The van der Waals surface area contributed by atoms with Crippen LogP contribution >= 0.6 is 11.8 Å². The van der Waals surface area contributed by atoms with Crippen LogP contribution in [0.5, 0.6) is 0 Å². The number of amides is 1. The van der Waals surface area contributed by atoms with Crippen molar-refractivity contribution in [3.63, 3.8) is 0 Å². The highest BCUT2D eigenvalue weighted by molar-refractivity contribution is 7.99. The Balaban J connectivity index is 1.58. The molecule has 3 aromatic rings. The molecule has 0 radical (unpaired) electrons. The second kappa shape index (κ2) is 10.3. The van der Waals surface area contributed by atoms with Crippen LogP contribution in [0.25, 0.3) is 11.3 Å². The number of hydrogen-bond acceptors (Lipinski definition) is 8. The van der Waals surface area contributed by atoms with Crippen LogP contribution in [0.1, 0.15) is 13.0 Å². The molecule has 4 N–H and O–H groups in total. The van der Waals surface area contributed by atoms with Crippen molar-refractivity contribution in [2.45, 2.75) is 41.6 Å². The van der Waals surface area contributed by atoms with E-state index < -0.39 is 53.8 Å². The van der Waals surface area contributed by atoms with Gasteiger partial charge in [0.1, 0.15) is 35.5 Å². The topological polar surface area (TPSA) is 130 Å². The van der Waals surface area contributed by atoms with Gasteiger partial charge >= 0.3 is 0 Å². The number of carbonyl (C=O) groups is 1. The number of ether oxygens (including phenoxy) is 1. The summed E-state index contributed by atoms with van der Waals surface area (Å²) in [6.07, 6.45) is -2.57. The first-order valence-electron chi connectivity index (χ1n) is 10.4. The van der Waals surface area contributed by atoms with E-state index in [0.29, 0.717) is 10.6 Å². The van der Waals surface area contributed by atoms with Gasteiger partial charge in [-0.15, -0.1) is 5.10 Å². The number of rotatable bonds is 6. The fourth-order valence-electron chi connectivity index (χ4n) is 3.69. The fraction of sp³-hybridized carbons (Fsp3) is 0.318. The van der Waals surface area contributed by atoms with E-state index in [2.05, 4.69) is 15.6 Å². The third kappa shape index (κ3) is 5.33. The van der Waals surface area contributed by atoms with Gasteiger partial charge in [-0.25, -0.2) is 17.9 Å². The highest BCUT2D eigenvalue weighted by atomic mass is 32.2. The van der Waals surface area contributed by atoms with Gasteiger partial charge in [-0.05, 0) is 36.4 Å². The minimum Gasteiger partial charge on any atom is -0.394 e. The highest BCUT2D eigenvalue weighted by Crippen LogP contribution is 2.38. The zero-order chi connectivity index (χ0) is 25.3. The van der Waals surface area contributed by atoms with Crippen molar-refractivity contribution in [1.29, 1.82) is 0 Å². The third-order valence-corrected chi connectivity index (χ3v) is 6.54. The molecule has 1 aliphatic rings. The molecule has 35 heavy (non-hydrogen) atoms. The number of anilines is 1. The Hall–Kier alpha value is -2.97. The van der Waals surface area contributed by atoms with E-state index in [-0.39, 0.29) is 17.2 Å². The lowest BCUT2D eigenvalue weighted by molar-refractivity contribution is -0.178. The van der Waals surface area contributed by atoms with Crippen molar-refractivity contribution in [2.75, 3.05) is 11.9 Å². The predicted octanol–water partition coefficient (Wildman–Crippen LogP) is 2.09. The van der Waals surface area contributed by atoms with Crippen molar-refractivity contribution in [1.82, 2.24) is 15.0 Å². The number of halogens is 3. The van der Waals surface area contributed by atoms with E-state index in [9.17, 15) is 33.3 Å². The SMILES string of the molecule is CC(=O)Nc1ccc(S[C@H]2OC(CO)[C@H](O)[C@H](n3cc(-c4cc(F)c(F)c(F)c4)nn3)C2O)cc1. The standard InChI is InChI=1S/C22H21F3N4O5S/c1-10(31)26-12-2-4-13(5-3-12)35-22-21(33)19(20(32)17(9-30)34-22)29-8-16(27-28-29)11-6-14(23)18(25)15(24)7-11/h2-8,17,19-22,30,32-33H,9H2,1H3,(H,26,31)/t17?,19-,20-,21?,22+/m0/s1. The van der Waals surface area contributed by atoms with Crippen molar-refractivity contribution in [2.24, 2.45) is 0 Å². The molecule has 4 rings (SSSR count). The first kappa shape index (κ1) is 25.1. The van der Waals surface area contributed by atoms with E-state index >= 15 is 0 Å². The fourth-order valence-corrected chi connectivity index (χ4v) is 4.75. The van der Waals surface area contributed by atoms with Crippen LogP contribution in [-0.4, -0.2) is 66.6 Å². The largest absolute Gasteiger partial charge is 0.394 e. The van der Waals surface area contributed by atoms with Crippen molar-refractivity contribution in [3.05, 3.63) is 60.0 Å². The monoisotopic (exact) mass is 510 g/mol. The molecule has 1 saturated heterocycles. The van der Waals surface area contributed by atoms with Gasteiger partial charge in [-0.1, -0.05) is 17.0 Å². The van der Waals surface area contributed by atoms with Crippen molar-refractivity contribution < 1.29 is 38.0 Å². The number of hydrogen-bond donors (Lipinski definition) is 4. The van der Waals surface area contributed by atoms with Gasteiger partial charge in [-0.3, -0.25) is 4.79 Å². The Morgan fingerprint density at radius 3 is 2.40 bits per heavy atom. The van der Waals surface area contributed by atoms with Gasteiger partial charge in [0.25, 0.3) is 0 Å². The zero-order valence-electron chi connectivity index (χ0n) is 18.2. The average Bonchev–Trinajstić information content (AvgIpc) is 3.29. The van der Waals surface area contributed by atoms with Crippen LogP contribution in [0.15, 0.2) is 47.5 Å². The summed E-state index contributed by atoms with van der Waals surface area (Å²) in [7, 11) is 0. The van der Waals surface area contributed by atoms with E-state index in [0.717, 1.165) is 28.6 Å². The average molecular weight is 510 g/mol. The number of nitrogens with zero attached hydrogens (tertiary/aromatic N) is 3. The van der Waals surface area contributed by atoms with Gasteiger partial charge in [0.2, 0.25) is 5.91 Å². The van der Waals surface area contributed by atoms with Gasteiger partial charge < -0.3 is 25.4 Å². The van der Waals surface area contributed by atoms with Gasteiger partial charge in [-0.2, -0.15) is 0 Å². The molecule has 13 heteroatoms. The van der Waals surface area contributed by atoms with Crippen LogP contribution < -0.4 is 5.32 Å². The maximum atomic E-state index is 13.6. The molecule has 1 aliphatic heterocycles. The lowest BCUT2D eigenvalue weighted by Gasteiger charge is -2.41. The molecular formula is C22H21F3N4O5S. The number of benzene rings is 2. The molecule has 9 nitrogen and oxygen atoms in total. The summed E-state index contributed by atoms with van der Waals surface area (Å²) in [5, 5.41) is 41.8. The molecule has 2 unspecified atom stereocenters. The second-order valence-corrected chi connectivity index (χ2v) is 9.03. The summed E-state index contributed by atoms with van der Waals surface area (Å²) in [5.41, 5.74) is -0.475. The predicted molar refractivity (Wildman–Crippen MR) is 119 cm³/mol. The van der Waals surface area contributed by atoms with Crippen molar-refractivity contribution in [3.8, 4) is 11.3 Å². The summed E-state index contributed by atoms with van der Waals surface area (Å²) in [6.45, 7) is 0.826.